The van der Waals surface area contributed by atoms with E-state index in [1.807, 2.05) is 54.9 Å². The van der Waals surface area contributed by atoms with Crippen LogP contribution < -0.4 is 4.74 Å². The lowest BCUT2D eigenvalue weighted by Gasteiger charge is -2.09. The van der Waals surface area contributed by atoms with Crippen molar-refractivity contribution in [3.8, 4) is 16.3 Å². The summed E-state index contributed by atoms with van der Waals surface area (Å²) in [6, 6.07) is 15.8. The molecule has 0 aliphatic heterocycles. The molecule has 0 bridgehead atoms. The van der Waals surface area contributed by atoms with Crippen LogP contribution in [0.5, 0.6) is 5.75 Å². The molecule has 0 radical (unpaired) electrons. The molecule has 0 aliphatic carbocycles. The molecule has 0 aliphatic rings. The molecule has 2 heterocycles. The lowest BCUT2D eigenvalue weighted by Crippen LogP contribution is -2.05. The van der Waals surface area contributed by atoms with Crippen LogP contribution in [0.4, 0.5) is 0 Å². The molecule has 2 aromatic heterocycles. The zero-order chi connectivity index (χ0) is 20.2. The van der Waals surface area contributed by atoms with E-state index in [0.29, 0.717) is 11.6 Å². The third kappa shape index (κ3) is 4.80. The van der Waals surface area contributed by atoms with Crippen molar-refractivity contribution in [1.29, 1.82) is 0 Å². The van der Waals surface area contributed by atoms with Crippen LogP contribution in [0.2, 0.25) is 5.02 Å². The van der Waals surface area contributed by atoms with E-state index in [2.05, 4.69) is 27.7 Å². The largest absolute Gasteiger partial charge is 0.485 e. The van der Waals surface area contributed by atoms with E-state index in [1.54, 1.807) is 23.1 Å². The number of halogens is 1. The molecule has 4 aromatic rings. The Bertz CT molecular complexity index is 1110. The van der Waals surface area contributed by atoms with Gasteiger partial charge >= 0.3 is 0 Å². The number of thioether (sulfide) groups is 1. The monoisotopic (exact) mass is 442 g/mol. The van der Waals surface area contributed by atoms with Crippen LogP contribution in [0, 0.1) is 6.92 Å². The van der Waals surface area contributed by atoms with Gasteiger partial charge in [0, 0.05) is 28.8 Å². The molecule has 0 saturated carbocycles. The summed E-state index contributed by atoms with van der Waals surface area (Å²) < 4.78 is 7.84. The summed E-state index contributed by atoms with van der Waals surface area (Å²) in [6.07, 6.45) is 0. The number of benzene rings is 2. The summed E-state index contributed by atoms with van der Waals surface area (Å²) in [6.45, 7) is 2.32. The van der Waals surface area contributed by atoms with Gasteiger partial charge in [-0.2, -0.15) is 0 Å². The van der Waals surface area contributed by atoms with E-state index >= 15 is 0 Å². The van der Waals surface area contributed by atoms with Crippen molar-refractivity contribution in [1.82, 2.24) is 19.7 Å². The maximum atomic E-state index is 6.00. The van der Waals surface area contributed by atoms with Crippen LogP contribution in [-0.4, -0.2) is 19.7 Å². The van der Waals surface area contributed by atoms with Crippen molar-refractivity contribution in [2.45, 2.75) is 24.4 Å². The van der Waals surface area contributed by atoms with Crippen molar-refractivity contribution < 1.29 is 4.74 Å². The van der Waals surface area contributed by atoms with Crippen molar-refractivity contribution >= 4 is 34.7 Å². The topological polar surface area (TPSA) is 52.8 Å². The lowest BCUT2D eigenvalue weighted by molar-refractivity contribution is 0.288. The zero-order valence-electron chi connectivity index (χ0n) is 16.0. The van der Waals surface area contributed by atoms with Gasteiger partial charge in [0.05, 0.1) is 5.69 Å². The Balaban J connectivity index is 1.37. The van der Waals surface area contributed by atoms with Gasteiger partial charge in [-0.1, -0.05) is 53.7 Å². The van der Waals surface area contributed by atoms with Gasteiger partial charge in [-0.15, -0.1) is 21.5 Å². The van der Waals surface area contributed by atoms with E-state index in [0.717, 1.165) is 44.3 Å². The van der Waals surface area contributed by atoms with Crippen LogP contribution in [0.3, 0.4) is 0 Å². The first-order valence-corrected chi connectivity index (χ1v) is 11.2. The molecular formula is C21H19ClN4OS2. The molecule has 0 saturated heterocycles. The first-order valence-electron chi connectivity index (χ1n) is 9.00. The lowest BCUT2D eigenvalue weighted by atomic mass is 10.2. The second kappa shape index (κ2) is 8.98. The van der Waals surface area contributed by atoms with Crippen LogP contribution in [0.15, 0.2) is 59.1 Å². The van der Waals surface area contributed by atoms with Gasteiger partial charge in [0.2, 0.25) is 0 Å². The smallest absolute Gasteiger partial charge is 0.191 e. The average Bonchev–Trinajstić information content (AvgIpc) is 3.33. The molecular weight excluding hydrogens is 424 g/mol. The Morgan fingerprint density at radius 1 is 1.14 bits per heavy atom. The standard InChI is InChI=1S/C21H19ClN4OS2/c1-14-10-16(22)8-9-18(14)27-11-19-24-25-21(26(19)2)29-13-17-12-28-20(23-17)15-6-4-3-5-7-15/h3-10,12H,11,13H2,1-2H3. The fourth-order valence-corrected chi connectivity index (χ4v) is 4.72. The van der Waals surface area contributed by atoms with Gasteiger partial charge in [-0.3, -0.25) is 0 Å². The number of aromatic nitrogens is 4. The van der Waals surface area contributed by atoms with Gasteiger partial charge in [-0.05, 0) is 30.7 Å². The van der Waals surface area contributed by atoms with Crippen LogP contribution >= 0.6 is 34.7 Å². The van der Waals surface area contributed by atoms with E-state index in [4.69, 9.17) is 21.3 Å². The first-order chi connectivity index (χ1) is 14.1. The summed E-state index contributed by atoms with van der Waals surface area (Å²) in [5.41, 5.74) is 3.17. The first kappa shape index (κ1) is 19.9. The van der Waals surface area contributed by atoms with Crippen molar-refractivity contribution in [3.63, 3.8) is 0 Å². The highest BCUT2D eigenvalue weighted by molar-refractivity contribution is 7.98. The number of hydrogen-bond donors (Lipinski definition) is 0. The summed E-state index contributed by atoms with van der Waals surface area (Å²) in [5, 5.41) is 13.2. The molecule has 2 aromatic carbocycles. The average molecular weight is 443 g/mol. The Morgan fingerprint density at radius 3 is 2.76 bits per heavy atom. The third-order valence-corrected chi connectivity index (χ3v) is 6.57. The van der Waals surface area contributed by atoms with Gasteiger partial charge in [0.25, 0.3) is 0 Å². The molecule has 29 heavy (non-hydrogen) atoms. The summed E-state index contributed by atoms with van der Waals surface area (Å²) in [7, 11) is 1.95. The van der Waals surface area contributed by atoms with E-state index in [-0.39, 0.29) is 0 Å². The van der Waals surface area contributed by atoms with Crippen LogP contribution in [0.25, 0.3) is 10.6 Å². The normalized spacial score (nSPS) is 11.0. The molecule has 5 nitrogen and oxygen atoms in total. The molecule has 0 fully saturated rings. The minimum Gasteiger partial charge on any atom is -0.485 e. The van der Waals surface area contributed by atoms with Crippen molar-refractivity contribution in [2.75, 3.05) is 0 Å². The van der Waals surface area contributed by atoms with Crippen LogP contribution in [0.1, 0.15) is 17.1 Å². The Morgan fingerprint density at radius 2 is 1.97 bits per heavy atom. The summed E-state index contributed by atoms with van der Waals surface area (Å²) >= 11 is 9.27. The Hall–Kier alpha value is -2.35. The highest BCUT2D eigenvalue weighted by Gasteiger charge is 2.12. The SMILES string of the molecule is Cc1cc(Cl)ccc1OCc1nnc(SCc2csc(-c3ccccc3)n2)n1C. The second-order valence-electron chi connectivity index (χ2n) is 6.46. The van der Waals surface area contributed by atoms with Crippen molar-refractivity contribution in [3.05, 3.63) is 76.0 Å². The third-order valence-electron chi connectivity index (χ3n) is 4.34. The zero-order valence-corrected chi connectivity index (χ0v) is 18.4. The van der Waals surface area contributed by atoms with E-state index < -0.39 is 0 Å². The molecule has 0 atom stereocenters. The minimum atomic E-state index is 0.349. The second-order valence-corrected chi connectivity index (χ2v) is 8.69. The predicted octanol–water partition coefficient (Wildman–Crippen LogP) is 5.77. The Kier molecular flexibility index (Phi) is 6.18. The summed E-state index contributed by atoms with van der Waals surface area (Å²) in [5.74, 6) is 2.31. The molecule has 0 N–H and O–H groups in total. The van der Waals surface area contributed by atoms with E-state index in [1.165, 1.54) is 0 Å². The number of thiazole rings is 1. The fourth-order valence-electron chi connectivity index (χ4n) is 2.74. The van der Waals surface area contributed by atoms with Crippen molar-refractivity contribution in [2.24, 2.45) is 7.05 Å². The molecule has 0 amide bonds. The molecule has 0 unspecified atom stereocenters. The molecule has 148 valence electrons. The summed E-state index contributed by atoms with van der Waals surface area (Å²) in [4.78, 5) is 4.73. The molecule has 0 spiro atoms. The number of ether oxygens (including phenoxy) is 1. The van der Waals surface area contributed by atoms with Gasteiger partial charge in [0.1, 0.15) is 17.4 Å². The highest BCUT2D eigenvalue weighted by Crippen LogP contribution is 2.28. The van der Waals surface area contributed by atoms with E-state index in [9.17, 15) is 0 Å². The van der Waals surface area contributed by atoms with Crippen LogP contribution in [-0.2, 0) is 19.4 Å². The number of rotatable bonds is 7. The number of nitrogens with zero attached hydrogens (tertiary/aromatic N) is 4. The number of hydrogen-bond acceptors (Lipinski definition) is 6. The Labute approximate surface area is 182 Å². The minimum absolute atomic E-state index is 0.349. The molecule has 4 rings (SSSR count). The van der Waals surface area contributed by atoms with Gasteiger partial charge in [0.15, 0.2) is 11.0 Å². The highest BCUT2D eigenvalue weighted by atomic mass is 35.5. The predicted molar refractivity (Wildman–Crippen MR) is 119 cm³/mol. The number of aryl methyl sites for hydroxylation is 1. The quantitative estimate of drug-likeness (QED) is 0.340. The van der Waals surface area contributed by atoms with Gasteiger partial charge in [-0.25, -0.2) is 4.98 Å². The molecule has 8 heteroatoms. The maximum Gasteiger partial charge on any atom is 0.191 e. The van der Waals surface area contributed by atoms with Gasteiger partial charge < -0.3 is 9.30 Å². The fraction of sp³-hybridized carbons (Fsp3) is 0.190. The maximum absolute atomic E-state index is 6.00.